The minimum atomic E-state index is -0.164. The van der Waals surface area contributed by atoms with E-state index in [1.807, 2.05) is 20.9 Å². The highest BCUT2D eigenvalue weighted by Gasteiger charge is 2.26. The minimum absolute atomic E-state index is 0.130. The zero-order chi connectivity index (χ0) is 10.5. The van der Waals surface area contributed by atoms with Gasteiger partial charge in [-0.1, -0.05) is 0 Å². The van der Waals surface area contributed by atoms with Crippen molar-refractivity contribution in [1.82, 2.24) is 5.32 Å². The summed E-state index contributed by atoms with van der Waals surface area (Å²) in [6.45, 7) is 9.83. The molecule has 0 aliphatic carbocycles. The van der Waals surface area contributed by atoms with E-state index in [1.165, 1.54) is 0 Å². The summed E-state index contributed by atoms with van der Waals surface area (Å²) in [6.07, 6.45) is 0.865. The molecule has 3 N–H and O–H groups in total. The zero-order valence-corrected chi connectivity index (χ0v) is 9.61. The highest BCUT2D eigenvalue weighted by atomic mass is 16.5. The molecule has 0 atom stereocenters. The Balaban J connectivity index is 3.80. The topological polar surface area (TPSA) is 47.3 Å². The van der Waals surface area contributed by atoms with Gasteiger partial charge < -0.3 is 15.8 Å². The summed E-state index contributed by atoms with van der Waals surface area (Å²) in [7, 11) is 1.92. The molecule has 0 saturated heterocycles. The van der Waals surface area contributed by atoms with E-state index in [0.717, 1.165) is 19.6 Å². The molecule has 0 heterocycles. The Hall–Kier alpha value is -0.120. The standard InChI is InChI=1S/C10H24N2O/c1-9(2,11)8-10(3,4)13-7-6-12-5/h12H,6-8,11H2,1-5H3. The van der Waals surface area contributed by atoms with Crippen molar-refractivity contribution in [2.45, 2.75) is 45.3 Å². The maximum absolute atomic E-state index is 5.93. The fourth-order valence-electron chi connectivity index (χ4n) is 1.58. The molecule has 0 fully saturated rings. The van der Waals surface area contributed by atoms with Gasteiger partial charge in [0.1, 0.15) is 0 Å². The van der Waals surface area contributed by atoms with Crippen molar-refractivity contribution in [2.75, 3.05) is 20.2 Å². The molecular weight excluding hydrogens is 164 g/mol. The van der Waals surface area contributed by atoms with Gasteiger partial charge in [-0.2, -0.15) is 0 Å². The maximum atomic E-state index is 5.93. The first-order valence-electron chi connectivity index (χ1n) is 4.84. The SMILES string of the molecule is CNCCOC(C)(C)CC(C)(C)N. The summed E-state index contributed by atoms with van der Waals surface area (Å²) < 4.78 is 5.70. The third-order valence-corrected chi connectivity index (χ3v) is 1.73. The van der Waals surface area contributed by atoms with Crippen molar-refractivity contribution < 1.29 is 4.74 Å². The van der Waals surface area contributed by atoms with Crippen LogP contribution in [0.2, 0.25) is 0 Å². The van der Waals surface area contributed by atoms with E-state index in [0.29, 0.717) is 0 Å². The fraction of sp³-hybridized carbons (Fsp3) is 1.00. The summed E-state index contributed by atoms with van der Waals surface area (Å²) in [5.41, 5.74) is 5.64. The third kappa shape index (κ3) is 8.22. The van der Waals surface area contributed by atoms with Gasteiger partial charge in [-0.05, 0) is 41.2 Å². The lowest BCUT2D eigenvalue weighted by molar-refractivity contribution is -0.0322. The third-order valence-electron chi connectivity index (χ3n) is 1.73. The Morgan fingerprint density at radius 1 is 1.23 bits per heavy atom. The molecule has 0 aromatic carbocycles. The number of nitrogens with two attached hydrogens (primary N) is 1. The molecule has 3 heteroatoms. The average molecular weight is 188 g/mol. The van der Waals surface area contributed by atoms with Crippen LogP contribution in [0.4, 0.5) is 0 Å². The van der Waals surface area contributed by atoms with E-state index in [1.54, 1.807) is 0 Å². The molecule has 80 valence electrons. The Kier molecular flexibility index (Phi) is 4.89. The monoisotopic (exact) mass is 188 g/mol. The molecule has 0 aliphatic rings. The lowest BCUT2D eigenvalue weighted by Crippen LogP contribution is -2.42. The number of rotatable bonds is 6. The molecule has 0 amide bonds. The van der Waals surface area contributed by atoms with Crippen molar-refractivity contribution in [3.8, 4) is 0 Å². The van der Waals surface area contributed by atoms with Crippen LogP contribution in [0.15, 0.2) is 0 Å². The normalized spacial score (nSPS) is 13.4. The van der Waals surface area contributed by atoms with E-state index >= 15 is 0 Å². The summed E-state index contributed by atoms with van der Waals surface area (Å²) in [5, 5.41) is 3.05. The van der Waals surface area contributed by atoms with Crippen LogP contribution in [0.1, 0.15) is 34.1 Å². The molecule has 0 rings (SSSR count). The van der Waals surface area contributed by atoms with Crippen molar-refractivity contribution in [3.05, 3.63) is 0 Å². The molecule has 0 radical (unpaired) electrons. The smallest absolute Gasteiger partial charge is 0.0644 e. The second-order valence-electron chi connectivity index (χ2n) is 4.88. The Morgan fingerprint density at radius 2 is 1.77 bits per heavy atom. The Labute approximate surface area is 82.0 Å². The van der Waals surface area contributed by atoms with E-state index in [2.05, 4.69) is 19.2 Å². The molecule has 3 nitrogen and oxygen atoms in total. The van der Waals surface area contributed by atoms with Gasteiger partial charge in [-0.3, -0.25) is 0 Å². The largest absolute Gasteiger partial charge is 0.374 e. The van der Waals surface area contributed by atoms with Crippen LogP contribution in [0.5, 0.6) is 0 Å². The predicted molar refractivity (Wildman–Crippen MR) is 56.8 cm³/mol. The van der Waals surface area contributed by atoms with Gasteiger partial charge in [-0.15, -0.1) is 0 Å². The van der Waals surface area contributed by atoms with Crippen LogP contribution < -0.4 is 11.1 Å². The van der Waals surface area contributed by atoms with Crippen LogP contribution in [-0.2, 0) is 4.74 Å². The summed E-state index contributed by atoms with van der Waals surface area (Å²) >= 11 is 0. The first-order valence-corrected chi connectivity index (χ1v) is 4.84. The van der Waals surface area contributed by atoms with Crippen molar-refractivity contribution in [1.29, 1.82) is 0 Å². The van der Waals surface area contributed by atoms with E-state index in [9.17, 15) is 0 Å². The minimum Gasteiger partial charge on any atom is -0.374 e. The quantitative estimate of drug-likeness (QED) is 0.614. The van der Waals surface area contributed by atoms with Gasteiger partial charge in [0.2, 0.25) is 0 Å². The lowest BCUT2D eigenvalue weighted by Gasteiger charge is -2.32. The van der Waals surface area contributed by atoms with Crippen molar-refractivity contribution >= 4 is 0 Å². The molecule has 13 heavy (non-hydrogen) atoms. The van der Waals surface area contributed by atoms with Crippen molar-refractivity contribution in [3.63, 3.8) is 0 Å². The molecule has 0 saturated carbocycles. The van der Waals surface area contributed by atoms with E-state index < -0.39 is 0 Å². The Bertz CT molecular complexity index is 138. The number of hydrogen-bond acceptors (Lipinski definition) is 3. The summed E-state index contributed by atoms with van der Waals surface area (Å²) in [5.74, 6) is 0. The lowest BCUT2D eigenvalue weighted by atomic mass is 9.90. The van der Waals surface area contributed by atoms with Crippen molar-refractivity contribution in [2.24, 2.45) is 5.73 Å². The molecule has 0 unspecified atom stereocenters. The Morgan fingerprint density at radius 3 is 2.15 bits per heavy atom. The van der Waals surface area contributed by atoms with E-state index in [-0.39, 0.29) is 11.1 Å². The van der Waals surface area contributed by atoms with Crippen LogP contribution in [-0.4, -0.2) is 31.3 Å². The fourth-order valence-corrected chi connectivity index (χ4v) is 1.58. The molecule has 0 bridgehead atoms. The molecule has 0 aromatic rings. The van der Waals surface area contributed by atoms with Crippen LogP contribution >= 0.6 is 0 Å². The second kappa shape index (κ2) is 4.94. The first-order chi connectivity index (χ1) is 5.77. The summed E-state index contributed by atoms with van der Waals surface area (Å²) in [4.78, 5) is 0. The molecule has 0 aromatic heterocycles. The van der Waals surface area contributed by atoms with Gasteiger partial charge in [0.05, 0.1) is 12.2 Å². The van der Waals surface area contributed by atoms with Gasteiger partial charge in [-0.25, -0.2) is 0 Å². The maximum Gasteiger partial charge on any atom is 0.0644 e. The van der Waals surface area contributed by atoms with Gasteiger partial charge >= 0.3 is 0 Å². The molecule has 0 spiro atoms. The number of likely N-dealkylation sites (N-methyl/N-ethyl adjacent to an activating group) is 1. The van der Waals surface area contributed by atoms with Gasteiger partial charge in [0.25, 0.3) is 0 Å². The highest BCUT2D eigenvalue weighted by Crippen LogP contribution is 2.21. The summed E-state index contributed by atoms with van der Waals surface area (Å²) in [6, 6.07) is 0. The second-order valence-corrected chi connectivity index (χ2v) is 4.88. The van der Waals surface area contributed by atoms with Gasteiger partial charge in [0, 0.05) is 12.1 Å². The van der Waals surface area contributed by atoms with Gasteiger partial charge in [0.15, 0.2) is 0 Å². The first kappa shape index (κ1) is 12.9. The average Bonchev–Trinajstić information content (AvgIpc) is 1.81. The van der Waals surface area contributed by atoms with Crippen LogP contribution in [0.25, 0.3) is 0 Å². The molecule has 0 aliphatic heterocycles. The van der Waals surface area contributed by atoms with E-state index in [4.69, 9.17) is 10.5 Å². The van der Waals surface area contributed by atoms with Crippen LogP contribution in [0, 0.1) is 0 Å². The number of hydrogen-bond donors (Lipinski definition) is 2. The zero-order valence-electron chi connectivity index (χ0n) is 9.61. The number of ether oxygens (including phenoxy) is 1. The van der Waals surface area contributed by atoms with Crippen LogP contribution in [0.3, 0.4) is 0 Å². The molecular formula is C10H24N2O. The predicted octanol–water partition coefficient (Wildman–Crippen LogP) is 1.13. The highest BCUT2D eigenvalue weighted by molar-refractivity contribution is 4.82. The number of nitrogens with one attached hydrogen (secondary N) is 1.